The molecule has 3 aromatic rings. The lowest BCUT2D eigenvalue weighted by atomic mass is 9.91. The van der Waals surface area contributed by atoms with Gasteiger partial charge in [0.05, 0.1) is 24.4 Å². The number of rotatable bonds is 3. The molecule has 0 aliphatic carbocycles. The predicted octanol–water partition coefficient (Wildman–Crippen LogP) is 5.03. The first kappa shape index (κ1) is 22.7. The summed E-state index contributed by atoms with van der Waals surface area (Å²) in [4.78, 5) is 22.8. The van der Waals surface area contributed by atoms with E-state index in [0.29, 0.717) is 19.0 Å². The molecular formula is C28H34N4O2. The van der Waals surface area contributed by atoms with Crippen LogP contribution in [-0.2, 0) is 4.74 Å². The molecular weight excluding hydrogens is 424 g/mol. The second kappa shape index (κ2) is 9.26. The predicted molar refractivity (Wildman–Crippen MR) is 138 cm³/mol. The van der Waals surface area contributed by atoms with Crippen molar-refractivity contribution in [2.45, 2.75) is 52.1 Å². The molecule has 2 N–H and O–H groups in total. The molecule has 1 aromatic heterocycles. The van der Waals surface area contributed by atoms with Crippen LogP contribution in [0.25, 0.3) is 22.0 Å². The van der Waals surface area contributed by atoms with Gasteiger partial charge in [0, 0.05) is 36.1 Å². The number of anilines is 2. The molecule has 0 saturated carbocycles. The van der Waals surface area contributed by atoms with Gasteiger partial charge in [0.2, 0.25) is 0 Å². The van der Waals surface area contributed by atoms with Gasteiger partial charge < -0.3 is 20.3 Å². The molecule has 1 amide bonds. The molecule has 2 fully saturated rings. The van der Waals surface area contributed by atoms with Crippen molar-refractivity contribution in [2.75, 3.05) is 36.9 Å². The van der Waals surface area contributed by atoms with Crippen molar-refractivity contribution in [1.29, 1.82) is 0 Å². The number of amides is 1. The molecule has 2 aliphatic heterocycles. The minimum Gasteiger partial charge on any atom is -0.382 e. The van der Waals surface area contributed by atoms with Crippen LogP contribution in [0, 0.1) is 6.92 Å². The molecule has 0 radical (unpaired) electrons. The zero-order chi connectivity index (χ0) is 23.8. The number of carbonyl (C=O) groups is 1. The number of aryl methyl sites for hydroxylation is 1. The number of fused-ring (bicyclic) bond motifs is 1. The fourth-order valence-corrected chi connectivity index (χ4v) is 5.58. The van der Waals surface area contributed by atoms with Crippen molar-refractivity contribution >= 4 is 28.3 Å². The van der Waals surface area contributed by atoms with Crippen LogP contribution in [0.4, 0.5) is 11.5 Å². The largest absolute Gasteiger partial charge is 0.382 e. The number of hydrogen-bond donors (Lipinski definition) is 1. The van der Waals surface area contributed by atoms with Gasteiger partial charge in [-0.3, -0.25) is 4.79 Å². The maximum atomic E-state index is 13.8. The summed E-state index contributed by atoms with van der Waals surface area (Å²) in [5.74, 6) is 0.671. The number of morpholine rings is 1. The average Bonchev–Trinajstić information content (AvgIpc) is 2.83. The Labute approximate surface area is 201 Å². The highest BCUT2D eigenvalue weighted by atomic mass is 16.5. The summed E-state index contributed by atoms with van der Waals surface area (Å²) < 4.78 is 5.50. The molecule has 34 heavy (non-hydrogen) atoms. The quantitative estimate of drug-likeness (QED) is 0.596. The number of aromatic nitrogens is 1. The SMILES string of the molecule is Cc1cccc(C(=O)N2C(C)CCCC2C)c1-c1ccc2nc(N)c(N3CCOCC3)cc2c1. The van der Waals surface area contributed by atoms with E-state index >= 15 is 0 Å². The smallest absolute Gasteiger partial charge is 0.254 e. The van der Waals surface area contributed by atoms with Gasteiger partial charge in [0.15, 0.2) is 0 Å². The van der Waals surface area contributed by atoms with Crippen LogP contribution in [0.5, 0.6) is 0 Å². The topological polar surface area (TPSA) is 71.7 Å². The number of likely N-dealkylation sites (tertiary alicyclic amines) is 1. The molecule has 3 heterocycles. The Kier molecular flexibility index (Phi) is 6.17. The number of benzene rings is 2. The summed E-state index contributed by atoms with van der Waals surface area (Å²) in [7, 11) is 0. The lowest BCUT2D eigenvalue weighted by molar-refractivity contribution is 0.0511. The fourth-order valence-electron chi connectivity index (χ4n) is 5.58. The lowest BCUT2D eigenvalue weighted by Gasteiger charge is -2.39. The van der Waals surface area contributed by atoms with Crippen molar-refractivity contribution in [3.8, 4) is 11.1 Å². The zero-order valence-electron chi connectivity index (χ0n) is 20.4. The first-order chi connectivity index (χ1) is 16.4. The standard InChI is InChI=1S/C28H34N4O2/c1-18-6-4-9-23(28(33)32-19(2)7-5-8-20(32)3)26(18)21-10-11-24-22(16-21)17-25(27(29)30-24)31-12-14-34-15-13-31/h4,6,9-11,16-17,19-20H,5,7-8,12-15H2,1-3H3,(H2,29,30). The number of nitrogens with zero attached hydrogens (tertiary/aromatic N) is 3. The molecule has 2 atom stereocenters. The van der Waals surface area contributed by atoms with E-state index in [1.54, 1.807) is 0 Å². The molecule has 178 valence electrons. The number of piperidine rings is 1. The summed E-state index contributed by atoms with van der Waals surface area (Å²) in [6.45, 7) is 9.42. The first-order valence-electron chi connectivity index (χ1n) is 12.4. The first-order valence-corrected chi connectivity index (χ1v) is 12.4. The summed E-state index contributed by atoms with van der Waals surface area (Å²) in [6.07, 6.45) is 3.30. The maximum absolute atomic E-state index is 13.8. The Bertz CT molecular complexity index is 1210. The average molecular weight is 459 g/mol. The van der Waals surface area contributed by atoms with Crippen molar-refractivity contribution in [3.05, 3.63) is 53.6 Å². The zero-order valence-corrected chi connectivity index (χ0v) is 20.4. The lowest BCUT2D eigenvalue weighted by Crippen LogP contribution is -2.47. The van der Waals surface area contributed by atoms with E-state index in [9.17, 15) is 4.79 Å². The molecule has 2 saturated heterocycles. The Morgan fingerprint density at radius 3 is 2.53 bits per heavy atom. The van der Waals surface area contributed by atoms with E-state index in [0.717, 1.165) is 64.8 Å². The second-order valence-corrected chi connectivity index (χ2v) is 9.74. The van der Waals surface area contributed by atoms with E-state index < -0.39 is 0 Å². The number of carbonyl (C=O) groups excluding carboxylic acids is 1. The highest BCUT2D eigenvalue weighted by Gasteiger charge is 2.31. The Morgan fingerprint density at radius 2 is 1.79 bits per heavy atom. The third kappa shape index (κ3) is 4.11. The number of ether oxygens (including phenoxy) is 1. The molecule has 6 nitrogen and oxygen atoms in total. The van der Waals surface area contributed by atoms with Gasteiger partial charge in [0.25, 0.3) is 5.91 Å². The normalized spacial score (nSPS) is 21.1. The van der Waals surface area contributed by atoms with Crippen LogP contribution in [0.2, 0.25) is 0 Å². The number of hydrogen-bond acceptors (Lipinski definition) is 5. The Balaban J connectivity index is 1.58. The molecule has 0 bridgehead atoms. The van der Waals surface area contributed by atoms with Crippen LogP contribution in [0.1, 0.15) is 49.0 Å². The van der Waals surface area contributed by atoms with Crippen molar-refractivity contribution in [1.82, 2.24) is 9.88 Å². The third-order valence-corrected chi connectivity index (χ3v) is 7.39. The summed E-state index contributed by atoms with van der Waals surface area (Å²) in [5, 5.41) is 1.02. The second-order valence-electron chi connectivity index (χ2n) is 9.74. The highest BCUT2D eigenvalue weighted by Crippen LogP contribution is 2.35. The Morgan fingerprint density at radius 1 is 1.06 bits per heavy atom. The van der Waals surface area contributed by atoms with Gasteiger partial charge in [-0.25, -0.2) is 4.98 Å². The van der Waals surface area contributed by atoms with E-state index in [2.05, 4.69) is 59.8 Å². The minimum absolute atomic E-state index is 0.128. The van der Waals surface area contributed by atoms with Crippen molar-refractivity contribution in [3.63, 3.8) is 0 Å². The van der Waals surface area contributed by atoms with Gasteiger partial charge in [0.1, 0.15) is 5.82 Å². The van der Waals surface area contributed by atoms with Crippen molar-refractivity contribution < 1.29 is 9.53 Å². The van der Waals surface area contributed by atoms with Crippen LogP contribution in [-0.4, -0.2) is 54.2 Å². The van der Waals surface area contributed by atoms with E-state index in [4.69, 9.17) is 10.5 Å². The highest BCUT2D eigenvalue weighted by molar-refractivity contribution is 6.03. The molecule has 5 rings (SSSR count). The van der Waals surface area contributed by atoms with Gasteiger partial charge in [-0.15, -0.1) is 0 Å². The van der Waals surface area contributed by atoms with Gasteiger partial charge >= 0.3 is 0 Å². The van der Waals surface area contributed by atoms with Gasteiger partial charge in [-0.2, -0.15) is 0 Å². The van der Waals surface area contributed by atoms with Gasteiger partial charge in [-0.05, 0) is 81.0 Å². The van der Waals surface area contributed by atoms with Crippen molar-refractivity contribution in [2.24, 2.45) is 0 Å². The number of nitrogens with two attached hydrogens (primary N) is 1. The van der Waals surface area contributed by atoms with Crippen LogP contribution in [0.3, 0.4) is 0 Å². The van der Waals surface area contributed by atoms with Crippen LogP contribution >= 0.6 is 0 Å². The van der Waals surface area contributed by atoms with Gasteiger partial charge in [-0.1, -0.05) is 18.2 Å². The van der Waals surface area contributed by atoms with E-state index in [1.807, 2.05) is 18.2 Å². The molecule has 6 heteroatoms. The fraction of sp³-hybridized carbons (Fsp3) is 0.429. The summed E-state index contributed by atoms with van der Waals surface area (Å²) in [5.41, 5.74) is 12.0. The summed E-state index contributed by atoms with van der Waals surface area (Å²) >= 11 is 0. The molecule has 2 aliphatic rings. The minimum atomic E-state index is 0.128. The number of pyridine rings is 1. The monoisotopic (exact) mass is 458 g/mol. The third-order valence-electron chi connectivity index (χ3n) is 7.39. The summed E-state index contributed by atoms with van der Waals surface area (Å²) in [6, 6.07) is 14.9. The Hall–Kier alpha value is -3.12. The molecule has 2 aromatic carbocycles. The molecule has 2 unspecified atom stereocenters. The number of nitrogen functional groups attached to an aromatic ring is 1. The van der Waals surface area contributed by atoms with Crippen LogP contribution < -0.4 is 10.6 Å². The van der Waals surface area contributed by atoms with Crippen LogP contribution in [0.15, 0.2) is 42.5 Å². The maximum Gasteiger partial charge on any atom is 0.254 e. The molecule has 0 spiro atoms. The van der Waals surface area contributed by atoms with E-state index in [1.165, 1.54) is 6.42 Å². The van der Waals surface area contributed by atoms with E-state index in [-0.39, 0.29) is 18.0 Å².